The number of hydrogen-bond donors (Lipinski definition) is 2. The van der Waals surface area contributed by atoms with Gasteiger partial charge in [-0.3, -0.25) is 19.3 Å². The number of hydrogen-bond acceptors (Lipinski definition) is 4. The Morgan fingerprint density at radius 1 is 0.875 bits per heavy atom. The minimum Gasteiger partial charge on any atom is -0.322 e. The molecule has 32 heavy (non-hydrogen) atoms. The van der Waals surface area contributed by atoms with Crippen molar-refractivity contribution in [2.24, 2.45) is 7.05 Å². The molecule has 2 aromatic heterocycles. The molecule has 0 bridgehead atoms. The van der Waals surface area contributed by atoms with Crippen molar-refractivity contribution in [3.63, 3.8) is 0 Å². The van der Waals surface area contributed by atoms with Crippen molar-refractivity contribution in [2.45, 2.75) is 13.8 Å². The summed E-state index contributed by atoms with van der Waals surface area (Å²) in [6.45, 7) is 3.73. The summed E-state index contributed by atoms with van der Waals surface area (Å²) in [4.78, 5) is 29.2. The Kier molecular flexibility index (Phi) is 5.81. The van der Waals surface area contributed by atoms with Crippen molar-refractivity contribution in [1.29, 1.82) is 0 Å². The van der Waals surface area contributed by atoms with Gasteiger partial charge in [-0.05, 0) is 55.8 Å². The van der Waals surface area contributed by atoms with E-state index in [2.05, 4.69) is 20.7 Å². The molecule has 0 fully saturated rings. The van der Waals surface area contributed by atoms with Crippen LogP contribution in [0.2, 0.25) is 0 Å². The second-order valence-corrected chi connectivity index (χ2v) is 7.48. The molecule has 2 N–H and O–H groups in total. The van der Waals surface area contributed by atoms with Crippen molar-refractivity contribution in [2.75, 3.05) is 10.6 Å². The molecule has 160 valence electrons. The van der Waals surface area contributed by atoms with E-state index in [9.17, 15) is 9.59 Å². The van der Waals surface area contributed by atoms with Gasteiger partial charge in [0.15, 0.2) is 0 Å². The molecule has 2 heterocycles. The first-order chi connectivity index (χ1) is 15.4. The molecule has 0 radical (unpaired) electrons. The van der Waals surface area contributed by atoms with E-state index in [-0.39, 0.29) is 11.8 Å². The predicted molar refractivity (Wildman–Crippen MR) is 125 cm³/mol. The van der Waals surface area contributed by atoms with Crippen LogP contribution in [0.3, 0.4) is 0 Å². The van der Waals surface area contributed by atoms with Gasteiger partial charge in [0.05, 0.1) is 11.3 Å². The summed E-state index contributed by atoms with van der Waals surface area (Å²) >= 11 is 0. The van der Waals surface area contributed by atoms with Crippen LogP contribution in [0.4, 0.5) is 11.5 Å². The van der Waals surface area contributed by atoms with Crippen LogP contribution in [0.25, 0.3) is 11.3 Å². The second-order valence-electron chi connectivity index (χ2n) is 7.48. The molecule has 2 aromatic carbocycles. The highest BCUT2D eigenvalue weighted by molar-refractivity contribution is 6.05. The van der Waals surface area contributed by atoms with E-state index in [1.807, 2.05) is 49.4 Å². The number of benzene rings is 2. The first kappa shape index (κ1) is 21.0. The van der Waals surface area contributed by atoms with Crippen molar-refractivity contribution in [1.82, 2.24) is 14.8 Å². The maximum Gasteiger partial charge on any atom is 0.257 e. The van der Waals surface area contributed by atoms with Gasteiger partial charge in [0, 0.05) is 41.8 Å². The normalized spacial score (nSPS) is 10.6. The molecule has 0 spiro atoms. The third kappa shape index (κ3) is 4.41. The summed E-state index contributed by atoms with van der Waals surface area (Å²) in [5.74, 6) is 0.200. The highest BCUT2D eigenvalue weighted by Gasteiger charge is 2.14. The quantitative estimate of drug-likeness (QED) is 0.489. The van der Waals surface area contributed by atoms with Gasteiger partial charge in [0.1, 0.15) is 5.82 Å². The van der Waals surface area contributed by atoms with Gasteiger partial charge >= 0.3 is 0 Å². The van der Waals surface area contributed by atoms with Gasteiger partial charge in [-0.15, -0.1) is 0 Å². The summed E-state index contributed by atoms with van der Waals surface area (Å²) in [6.07, 6.45) is 1.66. The third-order valence-corrected chi connectivity index (χ3v) is 5.18. The van der Waals surface area contributed by atoms with Crippen LogP contribution in [0, 0.1) is 13.8 Å². The van der Waals surface area contributed by atoms with Gasteiger partial charge in [0.25, 0.3) is 11.8 Å². The van der Waals surface area contributed by atoms with Crippen molar-refractivity contribution < 1.29 is 9.59 Å². The fourth-order valence-corrected chi connectivity index (χ4v) is 3.38. The predicted octanol–water partition coefficient (Wildman–Crippen LogP) is 4.60. The second kappa shape index (κ2) is 8.85. The zero-order chi connectivity index (χ0) is 22.7. The lowest BCUT2D eigenvalue weighted by molar-refractivity contribution is 0.101. The fourth-order valence-electron chi connectivity index (χ4n) is 3.38. The molecule has 4 rings (SSSR count). The van der Waals surface area contributed by atoms with E-state index in [0.717, 1.165) is 22.5 Å². The lowest BCUT2D eigenvalue weighted by Crippen LogP contribution is -2.14. The lowest BCUT2D eigenvalue weighted by atomic mass is 10.1. The van der Waals surface area contributed by atoms with Gasteiger partial charge in [-0.1, -0.05) is 24.3 Å². The highest BCUT2D eigenvalue weighted by Crippen LogP contribution is 2.26. The van der Waals surface area contributed by atoms with E-state index in [0.29, 0.717) is 22.6 Å². The Hall–Kier alpha value is -4.26. The fraction of sp³-hybridized carbons (Fsp3) is 0.120. The Labute approximate surface area is 186 Å². The number of nitrogens with zero attached hydrogens (tertiary/aromatic N) is 3. The molecule has 0 saturated heterocycles. The van der Waals surface area contributed by atoms with Crippen LogP contribution in [0.1, 0.15) is 32.0 Å². The lowest BCUT2D eigenvalue weighted by Gasteiger charge is -2.10. The zero-order valence-corrected chi connectivity index (χ0v) is 18.1. The zero-order valence-electron chi connectivity index (χ0n) is 18.1. The Morgan fingerprint density at radius 2 is 1.66 bits per heavy atom. The van der Waals surface area contributed by atoms with Crippen LogP contribution in [0.5, 0.6) is 0 Å². The first-order valence-electron chi connectivity index (χ1n) is 10.2. The molecule has 0 aliphatic rings. The van der Waals surface area contributed by atoms with E-state index in [1.165, 1.54) is 0 Å². The standard InChI is InChI=1S/C25H23N5O2/c1-16-14-19(11-12-21(16)27-25(32)20-10-7-13-26-17(20)2)22-15-23(30(3)29-22)28-24(31)18-8-5-4-6-9-18/h4-15H,1-3H3,(H,27,32)(H,28,31). The molecule has 7 nitrogen and oxygen atoms in total. The molecule has 0 saturated carbocycles. The van der Waals surface area contributed by atoms with Crippen molar-refractivity contribution in [3.05, 3.63) is 95.3 Å². The summed E-state index contributed by atoms with van der Waals surface area (Å²) < 4.78 is 1.63. The van der Waals surface area contributed by atoms with Crippen LogP contribution in [-0.4, -0.2) is 26.6 Å². The Bertz CT molecular complexity index is 1290. The van der Waals surface area contributed by atoms with Crippen LogP contribution in [-0.2, 0) is 7.05 Å². The molecule has 4 aromatic rings. The van der Waals surface area contributed by atoms with Crippen molar-refractivity contribution in [3.8, 4) is 11.3 Å². The average molecular weight is 425 g/mol. The number of anilines is 2. The minimum atomic E-state index is -0.199. The molecule has 7 heteroatoms. The molecule has 0 aliphatic carbocycles. The van der Waals surface area contributed by atoms with E-state index in [1.54, 1.807) is 49.1 Å². The number of pyridine rings is 1. The maximum atomic E-state index is 12.6. The van der Waals surface area contributed by atoms with Crippen LogP contribution < -0.4 is 10.6 Å². The summed E-state index contributed by atoms with van der Waals surface area (Å²) in [6, 6.07) is 20.0. The minimum absolute atomic E-state index is 0.194. The topological polar surface area (TPSA) is 88.9 Å². The van der Waals surface area contributed by atoms with E-state index >= 15 is 0 Å². The Balaban J connectivity index is 1.52. The average Bonchev–Trinajstić information content (AvgIpc) is 3.16. The number of rotatable bonds is 5. The number of aryl methyl sites for hydroxylation is 3. The van der Waals surface area contributed by atoms with Gasteiger partial charge in [-0.2, -0.15) is 5.10 Å². The first-order valence-corrected chi connectivity index (χ1v) is 10.2. The highest BCUT2D eigenvalue weighted by atomic mass is 16.2. The molecular weight excluding hydrogens is 402 g/mol. The van der Waals surface area contributed by atoms with Gasteiger partial charge in [-0.25, -0.2) is 0 Å². The number of nitrogens with one attached hydrogen (secondary N) is 2. The molecule has 0 atom stereocenters. The molecular formula is C25H23N5O2. The van der Waals surface area contributed by atoms with Gasteiger partial charge in [0.2, 0.25) is 0 Å². The van der Waals surface area contributed by atoms with Gasteiger partial charge < -0.3 is 10.6 Å². The smallest absolute Gasteiger partial charge is 0.257 e. The number of carbonyl (C=O) groups is 2. The third-order valence-electron chi connectivity index (χ3n) is 5.18. The summed E-state index contributed by atoms with van der Waals surface area (Å²) in [5, 5.41) is 10.4. The number of amides is 2. The van der Waals surface area contributed by atoms with E-state index in [4.69, 9.17) is 0 Å². The molecule has 2 amide bonds. The van der Waals surface area contributed by atoms with E-state index < -0.39 is 0 Å². The number of carbonyl (C=O) groups excluding carboxylic acids is 2. The van der Waals surface area contributed by atoms with Crippen LogP contribution in [0.15, 0.2) is 72.9 Å². The number of aromatic nitrogens is 3. The molecule has 0 aliphatic heterocycles. The molecule has 0 unspecified atom stereocenters. The SMILES string of the molecule is Cc1cc(-c2cc(NC(=O)c3ccccc3)n(C)n2)ccc1NC(=O)c1cccnc1C. The largest absolute Gasteiger partial charge is 0.322 e. The van der Waals surface area contributed by atoms with Crippen LogP contribution >= 0.6 is 0 Å². The summed E-state index contributed by atoms with van der Waals surface area (Å²) in [5.41, 5.74) is 5.02. The maximum absolute atomic E-state index is 12.6. The summed E-state index contributed by atoms with van der Waals surface area (Å²) in [7, 11) is 1.78. The Morgan fingerprint density at radius 3 is 2.38 bits per heavy atom. The monoisotopic (exact) mass is 425 g/mol. The van der Waals surface area contributed by atoms with Crippen molar-refractivity contribution >= 4 is 23.3 Å².